The highest BCUT2D eigenvalue weighted by Gasteiger charge is 2.38. The summed E-state index contributed by atoms with van der Waals surface area (Å²) in [6, 6.07) is -0.444. The molecule has 0 bridgehead atoms. The predicted molar refractivity (Wildman–Crippen MR) is 45.9 cm³/mol. The molecule has 6 nitrogen and oxygen atoms in total. The van der Waals surface area contributed by atoms with Crippen LogP contribution in [0.4, 0.5) is 4.79 Å². The molecule has 14 heavy (non-hydrogen) atoms. The number of methoxy groups -OCH3 is 1. The van der Waals surface area contributed by atoms with E-state index in [1.165, 1.54) is 19.1 Å². The number of nitrogens with zero attached hydrogens (tertiary/aromatic N) is 1. The minimum Gasteiger partial charge on any atom is -0.481 e. The highest BCUT2D eigenvalue weighted by Crippen LogP contribution is 2.19. The predicted octanol–water partition coefficient (Wildman–Crippen LogP) is -0.216. The van der Waals surface area contributed by atoms with Crippen LogP contribution in [0.25, 0.3) is 0 Å². The summed E-state index contributed by atoms with van der Waals surface area (Å²) in [4.78, 5) is 23.1. The molecule has 0 spiro atoms. The molecule has 6 heteroatoms. The van der Waals surface area contributed by atoms with E-state index in [9.17, 15) is 9.59 Å². The molecule has 0 aliphatic carbocycles. The normalized spacial score (nSPS) is 25.9. The Morgan fingerprint density at radius 3 is 2.64 bits per heavy atom. The zero-order valence-electron chi connectivity index (χ0n) is 8.10. The molecule has 0 aromatic rings. The molecular weight excluding hydrogens is 190 g/mol. The van der Waals surface area contributed by atoms with Crippen LogP contribution in [0.5, 0.6) is 0 Å². The van der Waals surface area contributed by atoms with E-state index in [-0.39, 0.29) is 13.2 Å². The van der Waals surface area contributed by atoms with Gasteiger partial charge in [0, 0.05) is 7.05 Å². The molecule has 1 saturated heterocycles. The maximum atomic E-state index is 11.1. The third-order valence-corrected chi connectivity index (χ3v) is 2.33. The summed E-state index contributed by atoms with van der Waals surface area (Å²) in [5.74, 6) is -1.62. The van der Waals surface area contributed by atoms with Crippen molar-refractivity contribution in [3.63, 3.8) is 0 Å². The van der Waals surface area contributed by atoms with Crippen LogP contribution in [0, 0.1) is 5.92 Å². The lowest BCUT2D eigenvalue weighted by atomic mass is 10.0. The van der Waals surface area contributed by atoms with Gasteiger partial charge in [0.05, 0.1) is 26.4 Å². The van der Waals surface area contributed by atoms with E-state index in [0.717, 1.165) is 0 Å². The summed E-state index contributed by atoms with van der Waals surface area (Å²) in [5.41, 5.74) is 0. The lowest BCUT2D eigenvalue weighted by Gasteiger charge is -2.24. The van der Waals surface area contributed by atoms with Gasteiger partial charge in [-0.3, -0.25) is 4.79 Å². The van der Waals surface area contributed by atoms with Gasteiger partial charge < -0.3 is 19.5 Å². The monoisotopic (exact) mass is 203 g/mol. The van der Waals surface area contributed by atoms with Crippen molar-refractivity contribution in [2.24, 2.45) is 5.92 Å². The Kier molecular flexibility index (Phi) is 3.29. The van der Waals surface area contributed by atoms with Gasteiger partial charge in [-0.1, -0.05) is 0 Å². The third kappa shape index (κ3) is 1.95. The van der Waals surface area contributed by atoms with Crippen molar-refractivity contribution in [3.8, 4) is 0 Å². The summed E-state index contributed by atoms with van der Waals surface area (Å²) in [7, 11) is 2.76. The van der Waals surface area contributed by atoms with Crippen LogP contribution in [-0.2, 0) is 14.3 Å². The first-order chi connectivity index (χ1) is 6.57. The molecule has 1 N–H and O–H groups in total. The van der Waals surface area contributed by atoms with Crippen LogP contribution in [0.1, 0.15) is 0 Å². The molecule has 0 radical (unpaired) electrons. The van der Waals surface area contributed by atoms with Gasteiger partial charge in [0.2, 0.25) is 0 Å². The fourth-order valence-corrected chi connectivity index (χ4v) is 1.44. The van der Waals surface area contributed by atoms with Crippen LogP contribution in [0.15, 0.2) is 0 Å². The minimum absolute atomic E-state index is 0.140. The highest BCUT2D eigenvalue weighted by molar-refractivity contribution is 5.74. The molecule has 2 unspecified atom stereocenters. The molecule has 1 heterocycles. The number of carbonyl (C=O) groups excluding carboxylic acids is 1. The quantitative estimate of drug-likeness (QED) is 0.671. The number of carboxylic acid groups (broad SMARTS) is 1. The summed E-state index contributed by atoms with van der Waals surface area (Å²) in [5, 5.41) is 8.83. The van der Waals surface area contributed by atoms with E-state index in [2.05, 4.69) is 4.74 Å². The van der Waals surface area contributed by atoms with E-state index >= 15 is 0 Å². The largest absolute Gasteiger partial charge is 0.481 e. The van der Waals surface area contributed by atoms with Crippen molar-refractivity contribution in [3.05, 3.63) is 0 Å². The number of carboxylic acids is 1. The molecular formula is C8H13NO5. The van der Waals surface area contributed by atoms with E-state index in [4.69, 9.17) is 9.84 Å². The van der Waals surface area contributed by atoms with E-state index in [1.54, 1.807) is 0 Å². The van der Waals surface area contributed by atoms with E-state index < -0.39 is 24.0 Å². The second-order valence-corrected chi connectivity index (χ2v) is 3.13. The van der Waals surface area contributed by atoms with Gasteiger partial charge in [0.1, 0.15) is 5.92 Å². The third-order valence-electron chi connectivity index (χ3n) is 2.33. The summed E-state index contributed by atoms with van der Waals surface area (Å²) >= 11 is 0. The number of rotatable bonds is 2. The zero-order valence-corrected chi connectivity index (χ0v) is 8.10. The van der Waals surface area contributed by atoms with Crippen molar-refractivity contribution >= 4 is 12.1 Å². The summed E-state index contributed by atoms with van der Waals surface area (Å²) in [6.45, 7) is 0.379. The van der Waals surface area contributed by atoms with Gasteiger partial charge in [-0.2, -0.15) is 0 Å². The second kappa shape index (κ2) is 4.28. The molecule has 0 saturated carbocycles. The summed E-state index contributed by atoms with van der Waals surface area (Å²) in [6.07, 6.45) is -0.549. The van der Waals surface area contributed by atoms with Crippen LogP contribution in [0.2, 0.25) is 0 Å². The van der Waals surface area contributed by atoms with Gasteiger partial charge in [-0.05, 0) is 0 Å². The Morgan fingerprint density at radius 2 is 2.14 bits per heavy atom. The average Bonchev–Trinajstić information content (AvgIpc) is 2.63. The standard InChI is InChI=1S/C8H13NO5/c1-9(8(12)13-2)6-4-14-3-5(6)7(10)11/h5-6H,3-4H2,1-2H3,(H,10,11). The zero-order chi connectivity index (χ0) is 10.7. The van der Waals surface area contributed by atoms with Crippen LogP contribution >= 0.6 is 0 Å². The van der Waals surface area contributed by atoms with Crippen molar-refractivity contribution in [1.82, 2.24) is 4.90 Å². The highest BCUT2D eigenvalue weighted by atomic mass is 16.5. The number of hydrogen-bond acceptors (Lipinski definition) is 4. The molecule has 80 valence electrons. The fraction of sp³-hybridized carbons (Fsp3) is 0.750. The maximum Gasteiger partial charge on any atom is 0.409 e. The van der Waals surface area contributed by atoms with Gasteiger partial charge in [0.25, 0.3) is 0 Å². The molecule has 1 fully saturated rings. The first-order valence-corrected chi connectivity index (χ1v) is 4.19. The Bertz CT molecular complexity index is 242. The van der Waals surface area contributed by atoms with Crippen LogP contribution in [-0.4, -0.2) is 55.5 Å². The molecule has 1 rings (SSSR count). The van der Waals surface area contributed by atoms with E-state index in [1.807, 2.05) is 0 Å². The van der Waals surface area contributed by atoms with Crippen LogP contribution in [0.3, 0.4) is 0 Å². The number of likely N-dealkylation sites (N-methyl/N-ethyl adjacent to an activating group) is 1. The minimum atomic E-state index is -0.955. The molecule has 1 amide bonds. The number of carbonyl (C=O) groups is 2. The molecule has 1 aliphatic rings. The maximum absolute atomic E-state index is 11.1. The van der Waals surface area contributed by atoms with Gasteiger partial charge >= 0.3 is 12.1 Å². The van der Waals surface area contributed by atoms with Crippen molar-refractivity contribution < 1.29 is 24.2 Å². The Balaban J connectivity index is 2.66. The SMILES string of the molecule is COC(=O)N(C)C1COCC1C(=O)O. The first kappa shape index (κ1) is 10.8. The topological polar surface area (TPSA) is 76.1 Å². The number of aliphatic carboxylic acids is 1. The van der Waals surface area contributed by atoms with Gasteiger partial charge in [0.15, 0.2) is 0 Å². The fourth-order valence-electron chi connectivity index (χ4n) is 1.44. The lowest BCUT2D eigenvalue weighted by Crippen LogP contribution is -2.44. The van der Waals surface area contributed by atoms with Gasteiger partial charge in [-0.15, -0.1) is 0 Å². The van der Waals surface area contributed by atoms with Gasteiger partial charge in [-0.25, -0.2) is 4.79 Å². The number of hydrogen-bond donors (Lipinski definition) is 1. The average molecular weight is 203 g/mol. The molecule has 1 aliphatic heterocycles. The molecule has 2 atom stereocenters. The van der Waals surface area contributed by atoms with Crippen LogP contribution < -0.4 is 0 Å². The lowest BCUT2D eigenvalue weighted by molar-refractivity contribution is -0.142. The first-order valence-electron chi connectivity index (χ1n) is 4.19. The smallest absolute Gasteiger partial charge is 0.409 e. The van der Waals surface area contributed by atoms with Crippen molar-refractivity contribution in [1.29, 1.82) is 0 Å². The van der Waals surface area contributed by atoms with Crippen molar-refractivity contribution in [2.75, 3.05) is 27.4 Å². The summed E-state index contributed by atoms with van der Waals surface area (Å²) < 4.78 is 9.51. The van der Waals surface area contributed by atoms with E-state index in [0.29, 0.717) is 0 Å². The Labute approximate surface area is 81.4 Å². The van der Waals surface area contributed by atoms with Crippen molar-refractivity contribution in [2.45, 2.75) is 6.04 Å². The molecule has 0 aromatic carbocycles. The Morgan fingerprint density at radius 1 is 1.50 bits per heavy atom. The number of ether oxygens (including phenoxy) is 2. The Hall–Kier alpha value is -1.30. The molecule has 0 aromatic heterocycles. The second-order valence-electron chi connectivity index (χ2n) is 3.13. The number of amides is 1.